The molecule has 1 heterocycles. The summed E-state index contributed by atoms with van der Waals surface area (Å²) in [5.41, 5.74) is 4.99. The van der Waals surface area contributed by atoms with E-state index in [9.17, 15) is 10.2 Å². The van der Waals surface area contributed by atoms with Crippen molar-refractivity contribution in [1.29, 1.82) is 0 Å². The molecule has 0 aromatic heterocycles. The number of hydrogen-bond acceptors (Lipinski definition) is 4. The molecule has 3 aromatic carbocycles. The van der Waals surface area contributed by atoms with E-state index in [1.54, 1.807) is 6.07 Å². The first-order chi connectivity index (χ1) is 16.0. The van der Waals surface area contributed by atoms with Gasteiger partial charge in [0.2, 0.25) is 0 Å². The van der Waals surface area contributed by atoms with Gasteiger partial charge in [-0.15, -0.1) is 0 Å². The van der Waals surface area contributed by atoms with Gasteiger partial charge >= 0.3 is 0 Å². The Morgan fingerprint density at radius 1 is 0.939 bits per heavy atom. The Kier molecular flexibility index (Phi) is 7.79. The lowest BCUT2D eigenvalue weighted by Gasteiger charge is -2.36. The van der Waals surface area contributed by atoms with Gasteiger partial charge < -0.3 is 15.5 Å². The lowest BCUT2D eigenvalue weighted by Crippen LogP contribution is -2.41. The normalized spacial score (nSPS) is 16.6. The summed E-state index contributed by atoms with van der Waals surface area (Å²) in [5, 5.41) is 24.8. The number of anilines is 1. The molecule has 33 heavy (non-hydrogen) atoms. The number of aromatic hydroxyl groups is 2. The van der Waals surface area contributed by atoms with Gasteiger partial charge in [0.05, 0.1) is 5.69 Å². The first kappa shape index (κ1) is 23.5. The average Bonchev–Trinajstić information content (AvgIpc) is 2.81. The van der Waals surface area contributed by atoms with Crippen LogP contribution in [-0.4, -0.2) is 40.8 Å². The number of benzene rings is 3. The number of phenolic OH excluding ortho intramolecular Hbond substituents is 2. The van der Waals surface area contributed by atoms with Crippen molar-refractivity contribution in [2.45, 2.75) is 45.1 Å². The minimum atomic E-state index is 0.300. The van der Waals surface area contributed by atoms with Crippen molar-refractivity contribution >= 4 is 17.3 Å². The molecule has 174 valence electrons. The zero-order valence-electron chi connectivity index (χ0n) is 19.2. The van der Waals surface area contributed by atoms with Crippen LogP contribution in [0.1, 0.15) is 36.8 Å². The molecule has 5 heteroatoms. The van der Waals surface area contributed by atoms with Crippen molar-refractivity contribution in [3.05, 3.63) is 76.8 Å². The second kappa shape index (κ2) is 11.0. The molecule has 1 aliphatic heterocycles. The van der Waals surface area contributed by atoms with E-state index in [0.29, 0.717) is 22.6 Å². The highest BCUT2D eigenvalue weighted by atomic mass is 35.5. The number of nitrogens with zero attached hydrogens (tertiary/aromatic N) is 1. The van der Waals surface area contributed by atoms with Gasteiger partial charge in [0.15, 0.2) is 0 Å². The van der Waals surface area contributed by atoms with Gasteiger partial charge in [0.25, 0.3) is 0 Å². The van der Waals surface area contributed by atoms with Crippen LogP contribution in [-0.2, 0) is 6.42 Å². The zero-order chi connectivity index (χ0) is 23.2. The molecular formula is C28H33ClN2O2. The molecule has 0 spiro atoms. The van der Waals surface area contributed by atoms with E-state index in [0.717, 1.165) is 66.8 Å². The minimum absolute atomic E-state index is 0.300. The number of phenols is 2. The highest BCUT2D eigenvalue weighted by Gasteiger charge is 2.23. The number of nitrogens with one attached hydrogen (secondary N) is 1. The van der Waals surface area contributed by atoms with Crippen molar-refractivity contribution in [1.82, 2.24) is 4.90 Å². The van der Waals surface area contributed by atoms with Crippen LogP contribution in [0.15, 0.2) is 60.7 Å². The summed E-state index contributed by atoms with van der Waals surface area (Å²) in [6, 6.07) is 19.8. The molecule has 1 unspecified atom stereocenters. The number of halogens is 1. The van der Waals surface area contributed by atoms with Crippen LogP contribution >= 0.6 is 11.6 Å². The molecule has 4 rings (SSSR count). The zero-order valence-corrected chi connectivity index (χ0v) is 20.0. The Bertz CT molecular complexity index is 1070. The Morgan fingerprint density at radius 2 is 1.73 bits per heavy atom. The molecule has 1 saturated heterocycles. The Labute approximate surface area is 201 Å². The summed E-state index contributed by atoms with van der Waals surface area (Å²) in [4.78, 5) is 2.56. The van der Waals surface area contributed by atoms with Crippen molar-refractivity contribution in [2.75, 3.05) is 25.0 Å². The summed E-state index contributed by atoms with van der Waals surface area (Å²) in [7, 11) is 0. The van der Waals surface area contributed by atoms with Gasteiger partial charge in [0.1, 0.15) is 11.5 Å². The van der Waals surface area contributed by atoms with Crippen LogP contribution in [0.4, 0.5) is 5.69 Å². The fraction of sp³-hybridized carbons (Fsp3) is 0.357. The van der Waals surface area contributed by atoms with E-state index < -0.39 is 0 Å². The molecule has 1 fully saturated rings. The highest BCUT2D eigenvalue weighted by molar-refractivity contribution is 6.30. The van der Waals surface area contributed by atoms with Crippen molar-refractivity contribution in [2.24, 2.45) is 0 Å². The van der Waals surface area contributed by atoms with E-state index in [-0.39, 0.29) is 0 Å². The van der Waals surface area contributed by atoms with Gasteiger partial charge in [-0.05, 0) is 91.7 Å². The quantitative estimate of drug-likeness (QED) is 0.259. The Balaban J connectivity index is 1.34. The van der Waals surface area contributed by atoms with E-state index in [1.165, 1.54) is 12.8 Å². The summed E-state index contributed by atoms with van der Waals surface area (Å²) in [6.45, 7) is 4.96. The van der Waals surface area contributed by atoms with E-state index in [1.807, 2.05) is 49.4 Å². The van der Waals surface area contributed by atoms with Crippen LogP contribution in [0.5, 0.6) is 11.5 Å². The highest BCUT2D eigenvalue weighted by Crippen LogP contribution is 2.30. The SMILES string of the molecule is Cc1ccc(O)c(NCCCN2CCCCC2Cc2ccc(-c3ccc(Cl)cc3)cc2O)c1. The number of rotatable bonds is 8. The minimum Gasteiger partial charge on any atom is -0.508 e. The molecule has 1 atom stereocenters. The third kappa shape index (κ3) is 6.21. The summed E-state index contributed by atoms with van der Waals surface area (Å²) >= 11 is 6.00. The van der Waals surface area contributed by atoms with Gasteiger partial charge in [-0.3, -0.25) is 4.90 Å². The van der Waals surface area contributed by atoms with Crippen LogP contribution in [0.3, 0.4) is 0 Å². The number of hydrogen-bond donors (Lipinski definition) is 3. The van der Waals surface area contributed by atoms with Gasteiger partial charge in [0, 0.05) is 24.2 Å². The fourth-order valence-electron chi connectivity index (χ4n) is 4.69. The molecule has 0 radical (unpaired) electrons. The monoisotopic (exact) mass is 464 g/mol. The van der Waals surface area contributed by atoms with Gasteiger partial charge in [-0.2, -0.15) is 0 Å². The first-order valence-electron chi connectivity index (χ1n) is 11.8. The van der Waals surface area contributed by atoms with Crippen molar-refractivity contribution in [3.8, 4) is 22.6 Å². The van der Waals surface area contributed by atoms with E-state index in [2.05, 4.69) is 22.3 Å². The van der Waals surface area contributed by atoms with E-state index in [4.69, 9.17) is 11.6 Å². The maximum Gasteiger partial charge on any atom is 0.138 e. The predicted octanol–water partition coefficient (Wildman–Crippen LogP) is 6.63. The first-order valence-corrected chi connectivity index (χ1v) is 12.2. The number of piperidine rings is 1. The van der Waals surface area contributed by atoms with Crippen LogP contribution in [0.25, 0.3) is 11.1 Å². The lowest BCUT2D eigenvalue weighted by molar-refractivity contribution is 0.146. The maximum absolute atomic E-state index is 10.7. The summed E-state index contributed by atoms with van der Waals surface area (Å²) < 4.78 is 0. The lowest BCUT2D eigenvalue weighted by atomic mass is 9.93. The molecule has 0 saturated carbocycles. The molecular weight excluding hydrogens is 432 g/mol. The van der Waals surface area contributed by atoms with Crippen molar-refractivity contribution < 1.29 is 10.2 Å². The molecule has 3 N–H and O–H groups in total. The second-order valence-electron chi connectivity index (χ2n) is 9.04. The summed E-state index contributed by atoms with van der Waals surface area (Å²) in [5.74, 6) is 0.665. The Morgan fingerprint density at radius 3 is 2.52 bits per heavy atom. The molecule has 3 aromatic rings. The molecule has 1 aliphatic rings. The average molecular weight is 465 g/mol. The van der Waals surface area contributed by atoms with Crippen molar-refractivity contribution in [3.63, 3.8) is 0 Å². The summed E-state index contributed by atoms with van der Waals surface area (Å²) in [6.07, 6.45) is 5.49. The molecule has 0 amide bonds. The van der Waals surface area contributed by atoms with Gasteiger partial charge in [-0.25, -0.2) is 0 Å². The standard InChI is InChI=1S/C28H33ClN2O2/c1-20-6-13-27(32)26(17-20)30-14-4-16-31-15-3-2-5-25(31)18-23-8-7-22(19-28(23)33)21-9-11-24(29)12-10-21/h6-13,17,19,25,30,32-33H,2-5,14-16,18H2,1H3. The third-order valence-corrected chi connectivity index (χ3v) is 6.81. The topological polar surface area (TPSA) is 55.7 Å². The molecule has 4 nitrogen and oxygen atoms in total. The smallest absolute Gasteiger partial charge is 0.138 e. The van der Waals surface area contributed by atoms with Gasteiger partial charge in [-0.1, -0.05) is 48.4 Å². The Hall–Kier alpha value is -2.69. The van der Waals surface area contributed by atoms with Crippen LogP contribution in [0, 0.1) is 6.92 Å². The molecule has 0 bridgehead atoms. The third-order valence-electron chi connectivity index (χ3n) is 6.56. The van der Waals surface area contributed by atoms with Crippen LogP contribution < -0.4 is 5.32 Å². The second-order valence-corrected chi connectivity index (χ2v) is 9.48. The molecule has 0 aliphatic carbocycles. The van der Waals surface area contributed by atoms with E-state index >= 15 is 0 Å². The van der Waals surface area contributed by atoms with Crippen LogP contribution in [0.2, 0.25) is 5.02 Å². The predicted molar refractivity (Wildman–Crippen MR) is 137 cm³/mol. The largest absolute Gasteiger partial charge is 0.508 e. The number of aryl methyl sites for hydroxylation is 1. The maximum atomic E-state index is 10.7. The fourth-order valence-corrected chi connectivity index (χ4v) is 4.82. The number of likely N-dealkylation sites (tertiary alicyclic amines) is 1.